The summed E-state index contributed by atoms with van der Waals surface area (Å²) in [7, 11) is -0.367. The molecular weight excluding hydrogens is 242 g/mol. The molecule has 0 radical (unpaired) electrons. The molecule has 0 aliphatic rings. The zero-order valence-electron chi connectivity index (χ0n) is 9.76. The van der Waals surface area contributed by atoms with Crippen molar-refractivity contribution in [3.63, 3.8) is 0 Å². The van der Waals surface area contributed by atoms with Gasteiger partial charge >= 0.3 is 0 Å². The van der Waals surface area contributed by atoms with E-state index in [-0.39, 0.29) is 6.54 Å². The van der Waals surface area contributed by atoms with Crippen LogP contribution < -0.4 is 14.2 Å². The minimum absolute atomic E-state index is 0.140. The van der Waals surface area contributed by atoms with Gasteiger partial charge in [0.1, 0.15) is 11.5 Å². The summed E-state index contributed by atoms with van der Waals surface area (Å²) in [6.07, 6.45) is 0. The lowest BCUT2D eigenvalue weighted by molar-refractivity contribution is 0.390. The summed E-state index contributed by atoms with van der Waals surface area (Å²) < 4.78 is 35.0. The third kappa shape index (κ3) is 3.76. The second-order valence-corrected chi connectivity index (χ2v) is 4.92. The van der Waals surface area contributed by atoms with Gasteiger partial charge in [-0.15, -0.1) is 0 Å². The van der Waals surface area contributed by atoms with Gasteiger partial charge in [0.25, 0.3) is 0 Å². The molecule has 17 heavy (non-hydrogen) atoms. The molecule has 1 rings (SSSR count). The first-order chi connectivity index (χ1) is 8.02. The van der Waals surface area contributed by atoms with Crippen LogP contribution in [0.5, 0.6) is 11.5 Å². The molecule has 0 aromatic heterocycles. The quantitative estimate of drug-likeness (QED) is 0.833. The van der Waals surface area contributed by atoms with E-state index in [2.05, 4.69) is 11.3 Å². The van der Waals surface area contributed by atoms with Crippen molar-refractivity contribution in [3.8, 4) is 11.5 Å². The Morgan fingerprint density at radius 1 is 1.35 bits per heavy atom. The molecule has 1 aromatic rings. The van der Waals surface area contributed by atoms with Gasteiger partial charge in [0.05, 0.1) is 14.2 Å². The van der Waals surface area contributed by atoms with Gasteiger partial charge in [0, 0.05) is 23.6 Å². The third-order valence-electron chi connectivity index (χ3n) is 2.18. The normalized spacial score (nSPS) is 10.9. The average Bonchev–Trinajstić information content (AvgIpc) is 2.36. The Kier molecular flexibility index (Phi) is 4.53. The summed E-state index contributed by atoms with van der Waals surface area (Å²) in [6.45, 7) is 3.35. The van der Waals surface area contributed by atoms with Gasteiger partial charge in [-0.1, -0.05) is 12.6 Å². The Morgan fingerprint density at radius 2 is 2.06 bits per heavy atom. The maximum atomic E-state index is 11.2. The van der Waals surface area contributed by atoms with Crippen LogP contribution >= 0.6 is 0 Å². The maximum Gasteiger partial charge on any atom is 0.233 e. The molecule has 0 heterocycles. The van der Waals surface area contributed by atoms with E-state index in [0.29, 0.717) is 11.5 Å². The largest absolute Gasteiger partial charge is 0.497 e. The molecule has 0 amide bonds. The van der Waals surface area contributed by atoms with Crippen LogP contribution in [0.3, 0.4) is 0 Å². The number of ether oxygens (including phenoxy) is 2. The molecule has 0 unspecified atom stereocenters. The molecule has 0 aliphatic carbocycles. The topological polar surface area (TPSA) is 64.6 Å². The molecule has 94 valence electrons. The van der Waals surface area contributed by atoms with Crippen LogP contribution in [0, 0.1) is 0 Å². The van der Waals surface area contributed by atoms with Gasteiger partial charge in [0.2, 0.25) is 10.0 Å². The Balaban J connectivity index is 2.88. The highest BCUT2D eigenvalue weighted by Gasteiger charge is 2.08. The van der Waals surface area contributed by atoms with Gasteiger partial charge in [-0.3, -0.25) is 0 Å². The van der Waals surface area contributed by atoms with Crippen LogP contribution in [0.2, 0.25) is 0 Å². The van der Waals surface area contributed by atoms with Gasteiger partial charge < -0.3 is 9.47 Å². The van der Waals surface area contributed by atoms with Crippen LogP contribution in [0.25, 0.3) is 0 Å². The number of hydrogen-bond donors (Lipinski definition) is 1. The van der Waals surface area contributed by atoms with Gasteiger partial charge in [-0.05, 0) is 6.07 Å². The molecule has 0 saturated carbocycles. The van der Waals surface area contributed by atoms with E-state index < -0.39 is 10.0 Å². The highest BCUT2D eigenvalue weighted by molar-refractivity contribution is 7.92. The van der Waals surface area contributed by atoms with Gasteiger partial charge in [-0.25, -0.2) is 13.1 Å². The Hall–Kier alpha value is -1.53. The van der Waals surface area contributed by atoms with Gasteiger partial charge in [0.15, 0.2) is 0 Å². The van der Waals surface area contributed by atoms with E-state index in [1.165, 1.54) is 7.11 Å². The molecule has 0 aliphatic heterocycles. The molecule has 1 aromatic carbocycles. The predicted octanol–water partition coefficient (Wildman–Crippen LogP) is 1.27. The van der Waals surface area contributed by atoms with Crippen molar-refractivity contribution in [2.45, 2.75) is 6.54 Å². The first-order valence-electron chi connectivity index (χ1n) is 4.85. The highest BCUT2D eigenvalue weighted by atomic mass is 32.2. The summed E-state index contributed by atoms with van der Waals surface area (Å²) in [6, 6.07) is 5.17. The Labute approximate surface area is 101 Å². The van der Waals surface area contributed by atoms with E-state index in [4.69, 9.17) is 9.47 Å². The number of sulfonamides is 1. The summed E-state index contributed by atoms with van der Waals surface area (Å²) in [4.78, 5) is 0. The zero-order chi connectivity index (χ0) is 12.9. The average molecular weight is 257 g/mol. The first-order valence-corrected chi connectivity index (χ1v) is 6.40. The van der Waals surface area contributed by atoms with Crippen LogP contribution in [0.4, 0.5) is 0 Å². The molecule has 5 nitrogen and oxygen atoms in total. The number of benzene rings is 1. The van der Waals surface area contributed by atoms with E-state index in [1.54, 1.807) is 25.3 Å². The van der Waals surface area contributed by atoms with E-state index in [1.807, 2.05) is 0 Å². The fraction of sp³-hybridized carbons (Fsp3) is 0.273. The van der Waals surface area contributed by atoms with Crippen molar-refractivity contribution in [2.75, 3.05) is 14.2 Å². The monoisotopic (exact) mass is 257 g/mol. The predicted molar refractivity (Wildman–Crippen MR) is 65.5 cm³/mol. The number of hydrogen-bond acceptors (Lipinski definition) is 4. The first kappa shape index (κ1) is 13.5. The van der Waals surface area contributed by atoms with Crippen molar-refractivity contribution in [1.82, 2.24) is 4.72 Å². The second kappa shape index (κ2) is 5.70. The fourth-order valence-corrected chi connectivity index (χ4v) is 1.71. The second-order valence-electron chi connectivity index (χ2n) is 3.21. The van der Waals surface area contributed by atoms with Crippen molar-refractivity contribution in [1.29, 1.82) is 0 Å². The Bertz CT molecular complexity index is 496. The molecule has 0 fully saturated rings. The van der Waals surface area contributed by atoms with E-state index >= 15 is 0 Å². The van der Waals surface area contributed by atoms with Crippen LogP contribution in [-0.2, 0) is 16.6 Å². The smallest absolute Gasteiger partial charge is 0.233 e. The molecule has 1 N–H and O–H groups in total. The maximum absolute atomic E-state index is 11.2. The molecule has 6 heteroatoms. The van der Waals surface area contributed by atoms with Crippen molar-refractivity contribution in [2.24, 2.45) is 0 Å². The molecule has 0 atom stereocenters. The zero-order valence-corrected chi connectivity index (χ0v) is 10.6. The van der Waals surface area contributed by atoms with E-state index in [0.717, 1.165) is 11.0 Å². The van der Waals surface area contributed by atoms with Gasteiger partial charge in [-0.2, -0.15) is 0 Å². The summed E-state index contributed by atoms with van der Waals surface area (Å²) in [5.41, 5.74) is 0.721. The number of methoxy groups -OCH3 is 2. The standard InChI is InChI=1S/C11H15NO4S/c1-4-17(13,14)12-8-9-5-6-10(15-2)7-11(9)16-3/h4-7,12H,1,8H2,2-3H3. The van der Waals surface area contributed by atoms with Crippen LogP contribution in [-0.4, -0.2) is 22.6 Å². The highest BCUT2D eigenvalue weighted by Crippen LogP contribution is 2.24. The molecular formula is C11H15NO4S. The number of rotatable bonds is 6. The minimum atomic E-state index is -3.43. The third-order valence-corrected chi connectivity index (χ3v) is 3.16. The summed E-state index contributed by atoms with van der Waals surface area (Å²) >= 11 is 0. The lowest BCUT2D eigenvalue weighted by Gasteiger charge is -2.10. The van der Waals surface area contributed by atoms with Crippen molar-refractivity contribution < 1.29 is 17.9 Å². The molecule has 0 bridgehead atoms. The van der Waals surface area contributed by atoms with Crippen molar-refractivity contribution >= 4 is 10.0 Å². The SMILES string of the molecule is C=CS(=O)(=O)NCc1ccc(OC)cc1OC. The summed E-state index contributed by atoms with van der Waals surface area (Å²) in [5.74, 6) is 1.22. The van der Waals surface area contributed by atoms with Crippen LogP contribution in [0.15, 0.2) is 30.2 Å². The van der Waals surface area contributed by atoms with Crippen LogP contribution in [0.1, 0.15) is 5.56 Å². The molecule has 0 saturated heterocycles. The summed E-state index contributed by atoms with van der Waals surface area (Å²) in [5, 5.41) is 0.864. The fourth-order valence-electron chi connectivity index (χ4n) is 1.24. The Morgan fingerprint density at radius 3 is 2.59 bits per heavy atom. The van der Waals surface area contributed by atoms with E-state index in [9.17, 15) is 8.42 Å². The minimum Gasteiger partial charge on any atom is -0.497 e. The lowest BCUT2D eigenvalue weighted by atomic mass is 10.2. The van der Waals surface area contributed by atoms with Crippen molar-refractivity contribution in [3.05, 3.63) is 35.7 Å². The number of nitrogens with one attached hydrogen (secondary N) is 1. The molecule has 0 spiro atoms. The lowest BCUT2D eigenvalue weighted by Crippen LogP contribution is -2.20.